The SMILES string of the molecule is C=CC(=O)N1CCC(N2CC(C#Cc3c(-c4ccc5c(c4)N(C)CCO5)c4c(N)ncnc4n3C)C2)CC1. The van der Waals surface area contributed by atoms with Gasteiger partial charge in [0, 0.05) is 57.8 Å². The lowest BCUT2D eigenvalue weighted by atomic mass is 9.93. The van der Waals surface area contributed by atoms with Gasteiger partial charge in [-0.15, -0.1) is 0 Å². The lowest BCUT2D eigenvalue weighted by Crippen LogP contribution is -2.55. The van der Waals surface area contributed by atoms with E-state index in [2.05, 4.69) is 57.4 Å². The number of nitrogen functional groups attached to an aromatic ring is 1. The number of nitrogens with two attached hydrogens (primary N) is 1. The molecule has 1 aromatic carbocycles. The minimum atomic E-state index is 0.0324. The minimum Gasteiger partial charge on any atom is -0.490 e. The fourth-order valence-electron chi connectivity index (χ4n) is 5.86. The van der Waals surface area contributed by atoms with Crippen molar-refractivity contribution in [3.05, 3.63) is 42.9 Å². The number of likely N-dealkylation sites (N-methyl/N-ethyl adjacent to an activating group) is 1. The zero-order chi connectivity index (χ0) is 26.4. The second-order valence-electron chi connectivity index (χ2n) is 10.4. The number of hydrogen-bond donors (Lipinski definition) is 1. The van der Waals surface area contributed by atoms with Gasteiger partial charge >= 0.3 is 0 Å². The van der Waals surface area contributed by atoms with E-state index in [-0.39, 0.29) is 5.91 Å². The number of carbonyl (C=O) groups is 1. The Kier molecular flexibility index (Phi) is 6.20. The monoisotopic (exact) mass is 511 g/mol. The molecule has 0 bridgehead atoms. The van der Waals surface area contributed by atoms with E-state index in [1.54, 1.807) is 0 Å². The van der Waals surface area contributed by atoms with E-state index in [0.717, 1.165) is 84.9 Å². The van der Waals surface area contributed by atoms with Gasteiger partial charge in [0.2, 0.25) is 5.91 Å². The smallest absolute Gasteiger partial charge is 0.245 e. The van der Waals surface area contributed by atoms with Crippen LogP contribution in [0.25, 0.3) is 22.2 Å². The Labute approximate surface area is 222 Å². The van der Waals surface area contributed by atoms with Crippen LogP contribution >= 0.6 is 0 Å². The zero-order valence-electron chi connectivity index (χ0n) is 22.0. The van der Waals surface area contributed by atoms with Gasteiger partial charge in [0.25, 0.3) is 0 Å². The summed E-state index contributed by atoms with van der Waals surface area (Å²) in [5.41, 5.74) is 11.1. The Morgan fingerprint density at radius 2 is 1.97 bits per heavy atom. The molecule has 2 N–H and O–H groups in total. The standard InChI is InChI=1S/C29H33N7O2/c1-4-25(37)35-11-9-21(10-12-35)36-16-19(17-36)5-7-22-26(27-28(30)31-18-32-29(27)34(22)3)20-6-8-24-23(15-20)33(2)13-14-38-24/h4,6,8,15,18-19,21H,1,9-14,16-17H2,2-3H3,(H2,30,31,32). The van der Waals surface area contributed by atoms with Gasteiger partial charge in [0.15, 0.2) is 0 Å². The maximum atomic E-state index is 11.9. The van der Waals surface area contributed by atoms with Gasteiger partial charge in [-0.05, 0) is 42.5 Å². The van der Waals surface area contributed by atoms with E-state index in [0.29, 0.717) is 24.4 Å². The molecule has 1 amide bonds. The Morgan fingerprint density at radius 1 is 1.18 bits per heavy atom. The number of piperidine rings is 1. The van der Waals surface area contributed by atoms with Crippen LogP contribution in [-0.4, -0.2) is 82.7 Å². The highest BCUT2D eigenvalue weighted by Crippen LogP contribution is 2.40. The topological polar surface area (TPSA) is 92.8 Å². The molecule has 2 aromatic heterocycles. The van der Waals surface area contributed by atoms with Crippen LogP contribution in [0.1, 0.15) is 18.5 Å². The highest BCUT2D eigenvalue weighted by Gasteiger charge is 2.34. The molecule has 2 saturated heterocycles. The summed E-state index contributed by atoms with van der Waals surface area (Å²) in [6, 6.07) is 6.75. The molecule has 0 atom stereocenters. The van der Waals surface area contributed by atoms with Crippen molar-refractivity contribution in [2.75, 3.05) is 57.0 Å². The predicted molar refractivity (Wildman–Crippen MR) is 149 cm³/mol. The van der Waals surface area contributed by atoms with Gasteiger partial charge in [-0.1, -0.05) is 18.6 Å². The number of anilines is 2. The van der Waals surface area contributed by atoms with Crippen molar-refractivity contribution in [2.24, 2.45) is 13.0 Å². The average Bonchev–Trinajstić information content (AvgIpc) is 3.20. The molecule has 0 saturated carbocycles. The summed E-state index contributed by atoms with van der Waals surface area (Å²) in [6.07, 6.45) is 4.92. The summed E-state index contributed by atoms with van der Waals surface area (Å²) < 4.78 is 7.89. The van der Waals surface area contributed by atoms with Crippen LogP contribution in [0.5, 0.6) is 5.75 Å². The number of likely N-dealkylation sites (tertiary alicyclic amines) is 2. The van der Waals surface area contributed by atoms with Crippen LogP contribution < -0.4 is 15.4 Å². The highest BCUT2D eigenvalue weighted by atomic mass is 16.5. The summed E-state index contributed by atoms with van der Waals surface area (Å²) in [6.45, 7) is 8.62. The number of carbonyl (C=O) groups excluding carboxylic acids is 1. The van der Waals surface area contributed by atoms with E-state index in [1.807, 2.05) is 22.6 Å². The number of amides is 1. The van der Waals surface area contributed by atoms with Crippen LogP contribution in [0, 0.1) is 17.8 Å². The number of benzene rings is 1. The Balaban J connectivity index is 1.27. The summed E-state index contributed by atoms with van der Waals surface area (Å²) in [7, 11) is 4.07. The average molecular weight is 512 g/mol. The fourth-order valence-corrected chi connectivity index (χ4v) is 5.86. The van der Waals surface area contributed by atoms with Gasteiger partial charge in [0.1, 0.15) is 35.8 Å². The van der Waals surface area contributed by atoms with Crippen molar-refractivity contribution in [3.8, 4) is 28.7 Å². The molecule has 9 heteroatoms. The molecule has 3 aromatic rings. The second-order valence-corrected chi connectivity index (χ2v) is 10.4. The van der Waals surface area contributed by atoms with Gasteiger partial charge in [0.05, 0.1) is 17.6 Å². The maximum absolute atomic E-state index is 11.9. The molecular weight excluding hydrogens is 478 g/mol. The number of aromatic nitrogens is 3. The molecule has 0 spiro atoms. The van der Waals surface area contributed by atoms with Crippen molar-refractivity contribution < 1.29 is 9.53 Å². The number of rotatable bonds is 3. The van der Waals surface area contributed by atoms with E-state index in [4.69, 9.17) is 10.5 Å². The van der Waals surface area contributed by atoms with E-state index in [9.17, 15) is 4.79 Å². The van der Waals surface area contributed by atoms with Gasteiger partial charge < -0.3 is 24.8 Å². The molecule has 0 aliphatic carbocycles. The molecule has 5 heterocycles. The number of ether oxygens (including phenoxy) is 1. The zero-order valence-corrected chi connectivity index (χ0v) is 22.0. The molecule has 6 rings (SSSR count). The first kappa shape index (κ1) is 24.3. The summed E-state index contributed by atoms with van der Waals surface area (Å²) in [5.74, 6) is 8.70. The normalized spacial score (nSPS) is 18.4. The molecule has 0 unspecified atom stereocenters. The maximum Gasteiger partial charge on any atom is 0.245 e. The van der Waals surface area contributed by atoms with Crippen molar-refractivity contribution in [1.29, 1.82) is 0 Å². The van der Waals surface area contributed by atoms with Crippen LogP contribution in [-0.2, 0) is 11.8 Å². The molecule has 3 aliphatic heterocycles. The first-order valence-corrected chi connectivity index (χ1v) is 13.2. The summed E-state index contributed by atoms with van der Waals surface area (Å²) >= 11 is 0. The third kappa shape index (κ3) is 4.15. The van der Waals surface area contributed by atoms with E-state index >= 15 is 0 Å². The molecule has 196 valence electrons. The summed E-state index contributed by atoms with van der Waals surface area (Å²) in [5, 5.41) is 0.828. The largest absolute Gasteiger partial charge is 0.490 e. The first-order valence-electron chi connectivity index (χ1n) is 13.2. The quantitative estimate of drug-likeness (QED) is 0.427. The van der Waals surface area contributed by atoms with Crippen molar-refractivity contribution in [2.45, 2.75) is 18.9 Å². The van der Waals surface area contributed by atoms with Crippen LogP contribution in [0.3, 0.4) is 0 Å². The van der Waals surface area contributed by atoms with Crippen molar-refractivity contribution in [1.82, 2.24) is 24.3 Å². The molecule has 3 aliphatic rings. The summed E-state index contributed by atoms with van der Waals surface area (Å²) in [4.78, 5) is 27.3. The van der Waals surface area contributed by atoms with Gasteiger partial charge in [-0.3, -0.25) is 9.69 Å². The molecular formula is C29H33N7O2. The Hall–Kier alpha value is -4.03. The Morgan fingerprint density at radius 3 is 2.74 bits per heavy atom. The predicted octanol–water partition coefficient (Wildman–Crippen LogP) is 2.51. The van der Waals surface area contributed by atoms with Crippen molar-refractivity contribution >= 4 is 28.4 Å². The van der Waals surface area contributed by atoms with Gasteiger partial charge in [-0.2, -0.15) is 0 Å². The molecule has 9 nitrogen and oxygen atoms in total. The van der Waals surface area contributed by atoms with Crippen LogP contribution in [0.4, 0.5) is 11.5 Å². The molecule has 38 heavy (non-hydrogen) atoms. The number of aryl methyl sites for hydroxylation is 1. The van der Waals surface area contributed by atoms with Crippen LogP contribution in [0.15, 0.2) is 37.2 Å². The van der Waals surface area contributed by atoms with E-state index in [1.165, 1.54) is 12.4 Å². The third-order valence-corrected chi connectivity index (χ3v) is 8.11. The lowest BCUT2D eigenvalue weighted by Gasteiger charge is -2.45. The number of fused-ring (bicyclic) bond motifs is 2. The lowest BCUT2D eigenvalue weighted by molar-refractivity contribution is -0.127. The minimum absolute atomic E-state index is 0.0324. The molecule has 2 fully saturated rings. The Bertz CT molecular complexity index is 1470. The van der Waals surface area contributed by atoms with Crippen molar-refractivity contribution in [3.63, 3.8) is 0 Å². The van der Waals surface area contributed by atoms with E-state index < -0.39 is 0 Å². The highest BCUT2D eigenvalue weighted by molar-refractivity contribution is 6.04. The third-order valence-electron chi connectivity index (χ3n) is 8.11. The van der Waals surface area contributed by atoms with Crippen LogP contribution in [0.2, 0.25) is 0 Å². The molecule has 0 radical (unpaired) electrons. The second kappa shape index (κ2) is 9.69. The van der Waals surface area contributed by atoms with Gasteiger partial charge in [-0.25, -0.2) is 9.97 Å². The fraction of sp³-hybridized carbons (Fsp3) is 0.414. The number of nitrogens with zero attached hydrogens (tertiary/aromatic N) is 6. The first-order chi connectivity index (χ1) is 18.4. The number of hydrogen-bond acceptors (Lipinski definition) is 7.